The van der Waals surface area contributed by atoms with Crippen LogP contribution in [0.25, 0.3) is 0 Å². The average molecular weight is 139 g/mol. The molecule has 0 aromatic heterocycles. The van der Waals surface area contributed by atoms with Gasteiger partial charge in [0.25, 0.3) is 0 Å². The molecule has 0 bridgehead atoms. The van der Waals surface area contributed by atoms with Crippen LogP contribution in [0.15, 0.2) is 24.3 Å². The molecule has 0 atom stereocenters. The monoisotopic (exact) mass is 139 g/mol. The molecule has 0 radical (unpaired) electrons. The first-order valence-corrected chi connectivity index (χ1v) is 2.73. The molecule has 3 N–H and O–H groups in total. The molecule has 1 rings (SSSR count). The second-order valence-corrected chi connectivity index (χ2v) is 1.81. The Balaban J connectivity index is 2.69. The first-order valence-electron chi connectivity index (χ1n) is 2.73. The van der Waals surface area contributed by atoms with Crippen LogP contribution >= 0.6 is 0 Å². The summed E-state index contributed by atoms with van der Waals surface area (Å²) in [7, 11) is 0. The van der Waals surface area contributed by atoms with E-state index in [1.54, 1.807) is 24.3 Å². The van der Waals surface area contributed by atoms with Gasteiger partial charge in [-0.25, -0.2) is 0 Å². The molecule has 0 fully saturated rings. The summed E-state index contributed by atoms with van der Waals surface area (Å²) >= 11 is 0. The van der Waals surface area contributed by atoms with Crippen molar-refractivity contribution in [3.8, 4) is 0 Å². The molecule has 0 heterocycles. The lowest BCUT2D eigenvalue weighted by Crippen LogP contribution is -2.11. The maximum atomic E-state index is 9.54. The van der Waals surface area contributed by atoms with Gasteiger partial charge >= 0.3 is 0 Å². The zero-order valence-corrected chi connectivity index (χ0v) is 5.20. The number of benzene rings is 1. The quantitative estimate of drug-likeness (QED) is 0.340. The third-order valence-corrected chi connectivity index (χ3v) is 1.07. The summed E-state index contributed by atoms with van der Waals surface area (Å²) in [5.41, 5.74) is 8.74. The van der Waals surface area contributed by atoms with Crippen molar-refractivity contribution >= 4 is 11.4 Å². The van der Waals surface area contributed by atoms with E-state index in [0.29, 0.717) is 11.4 Å². The topological polar surface area (TPSA) is 70.3 Å². The highest BCUT2D eigenvalue weighted by Crippen LogP contribution is 2.09. The lowest BCUT2D eigenvalue weighted by molar-refractivity contribution is -0.678. The van der Waals surface area contributed by atoms with Crippen LogP contribution in [0.4, 0.5) is 11.4 Å². The molecule has 1 aromatic carbocycles. The normalized spacial score (nSPS) is 9.30. The van der Waals surface area contributed by atoms with Gasteiger partial charge in [0.2, 0.25) is 0 Å². The zero-order valence-electron chi connectivity index (χ0n) is 5.20. The van der Waals surface area contributed by atoms with Crippen LogP contribution in [0.3, 0.4) is 0 Å². The van der Waals surface area contributed by atoms with Crippen LogP contribution in [0.2, 0.25) is 0 Å². The van der Waals surface area contributed by atoms with Gasteiger partial charge in [-0.15, -0.1) is 0 Å². The van der Waals surface area contributed by atoms with Crippen LogP contribution in [0, 0.1) is 0 Å². The minimum Gasteiger partial charge on any atom is -0.698 e. The molecule has 0 saturated carbocycles. The highest BCUT2D eigenvalue weighted by Gasteiger charge is 1.86. The highest BCUT2D eigenvalue weighted by molar-refractivity contribution is 5.49. The fraction of sp³-hybridized carbons (Fsp3) is 0. The summed E-state index contributed by atoms with van der Waals surface area (Å²) < 4.78 is 0. The highest BCUT2D eigenvalue weighted by atomic mass is 17.2. The van der Waals surface area contributed by atoms with Crippen molar-refractivity contribution in [3.63, 3.8) is 0 Å². The van der Waals surface area contributed by atoms with E-state index in [-0.39, 0.29) is 0 Å². The van der Waals surface area contributed by atoms with Crippen molar-refractivity contribution in [1.82, 2.24) is 0 Å². The maximum absolute atomic E-state index is 9.54. The number of hydrogen-bond acceptors (Lipinski definition) is 4. The molecule has 0 saturated heterocycles. The van der Waals surface area contributed by atoms with E-state index in [2.05, 4.69) is 10.5 Å². The number of rotatable bonds is 2. The minimum absolute atomic E-state index is 0.587. The number of nitrogens with two attached hydrogens (primary N) is 1. The van der Waals surface area contributed by atoms with Crippen LogP contribution in [0.1, 0.15) is 0 Å². The number of hydrogen-bond donors (Lipinski definition) is 2. The van der Waals surface area contributed by atoms with Crippen molar-refractivity contribution in [2.75, 3.05) is 11.2 Å². The van der Waals surface area contributed by atoms with Crippen LogP contribution < -0.4 is 16.5 Å². The molecule has 4 nitrogen and oxygen atoms in total. The molecule has 10 heavy (non-hydrogen) atoms. The molecule has 0 aliphatic carbocycles. The van der Waals surface area contributed by atoms with Gasteiger partial charge in [-0.1, -0.05) is 0 Å². The van der Waals surface area contributed by atoms with Gasteiger partial charge in [0, 0.05) is 5.69 Å². The molecule has 0 amide bonds. The summed E-state index contributed by atoms with van der Waals surface area (Å²) in [6, 6.07) is 6.63. The summed E-state index contributed by atoms with van der Waals surface area (Å²) in [5, 5.41) is 9.54. The maximum Gasteiger partial charge on any atom is 0.0598 e. The third-order valence-electron chi connectivity index (χ3n) is 1.07. The van der Waals surface area contributed by atoms with Gasteiger partial charge in [-0.05, 0) is 24.3 Å². The lowest BCUT2D eigenvalue weighted by Gasteiger charge is -2.08. The molecule has 0 aliphatic heterocycles. The fourth-order valence-electron chi connectivity index (χ4n) is 0.599. The van der Waals surface area contributed by atoms with E-state index in [4.69, 9.17) is 5.73 Å². The van der Waals surface area contributed by atoms with Crippen LogP contribution in [0.5, 0.6) is 0 Å². The molecule has 0 aliphatic rings. The van der Waals surface area contributed by atoms with Crippen molar-refractivity contribution in [1.29, 1.82) is 0 Å². The SMILES string of the molecule is Nc1ccc(NO[O-])cc1. The summed E-state index contributed by atoms with van der Waals surface area (Å²) in [6.07, 6.45) is 0. The first-order chi connectivity index (χ1) is 4.83. The Labute approximate surface area is 58.1 Å². The average Bonchev–Trinajstić information content (AvgIpc) is 1.95. The van der Waals surface area contributed by atoms with E-state index in [1.807, 2.05) is 0 Å². The van der Waals surface area contributed by atoms with Crippen molar-refractivity contribution < 1.29 is 10.2 Å². The Morgan fingerprint density at radius 1 is 1.30 bits per heavy atom. The number of anilines is 2. The Morgan fingerprint density at radius 2 is 1.90 bits per heavy atom. The minimum atomic E-state index is 0.587. The van der Waals surface area contributed by atoms with Gasteiger partial charge in [-0.2, -0.15) is 0 Å². The van der Waals surface area contributed by atoms with Gasteiger partial charge in [0.15, 0.2) is 0 Å². The zero-order chi connectivity index (χ0) is 7.40. The summed E-state index contributed by atoms with van der Waals surface area (Å²) in [5.74, 6) is 0. The predicted octanol–water partition coefficient (Wildman–Crippen LogP) is -0.112. The smallest absolute Gasteiger partial charge is 0.0598 e. The van der Waals surface area contributed by atoms with E-state index in [0.717, 1.165) is 0 Å². The van der Waals surface area contributed by atoms with Crippen molar-refractivity contribution in [3.05, 3.63) is 24.3 Å². The van der Waals surface area contributed by atoms with Crippen LogP contribution in [-0.2, 0) is 4.99 Å². The molecule has 1 aromatic rings. The molecule has 0 spiro atoms. The summed E-state index contributed by atoms with van der Waals surface area (Å²) in [4.78, 5) is 3.43. The first kappa shape index (κ1) is 6.85. The Morgan fingerprint density at radius 3 is 2.40 bits per heavy atom. The van der Waals surface area contributed by atoms with E-state index >= 15 is 0 Å². The predicted molar refractivity (Wildman–Crippen MR) is 35.6 cm³/mol. The molecular weight excluding hydrogens is 132 g/mol. The standard InChI is InChI=1S/C6H8N2O2/c7-5-1-3-6(4-2-5)8-10-9/h1-4,8-9H,7H2/p-1. The fourth-order valence-corrected chi connectivity index (χ4v) is 0.599. The second-order valence-electron chi connectivity index (χ2n) is 1.81. The van der Waals surface area contributed by atoms with Crippen molar-refractivity contribution in [2.45, 2.75) is 0 Å². The molecule has 0 unspecified atom stereocenters. The van der Waals surface area contributed by atoms with Crippen LogP contribution in [-0.4, -0.2) is 0 Å². The largest absolute Gasteiger partial charge is 0.698 e. The van der Waals surface area contributed by atoms with Gasteiger partial charge in [0.1, 0.15) is 0 Å². The molecule has 54 valence electrons. The number of nitrogens with one attached hydrogen (secondary N) is 1. The van der Waals surface area contributed by atoms with E-state index < -0.39 is 0 Å². The Kier molecular flexibility index (Phi) is 2.09. The second kappa shape index (κ2) is 3.05. The van der Waals surface area contributed by atoms with E-state index in [1.165, 1.54) is 0 Å². The third kappa shape index (κ3) is 1.61. The van der Waals surface area contributed by atoms with E-state index in [9.17, 15) is 5.26 Å². The molecule has 4 heteroatoms. The lowest BCUT2D eigenvalue weighted by atomic mass is 10.3. The molecular formula is C6H7N2O2-. The van der Waals surface area contributed by atoms with Crippen molar-refractivity contribution in [2.24, 2.45) is 0 Å². The van der Waals surface area contributed by atoms with Gasteiger partial charge in [-0.3, -0.25) is 5.48 Å². The Hall–Kier alpha value is -1.26. The number of nitrogen functional groups attached to an aromatic ring is 1. The Bertz CT molecular complexity index is 197. The summed E-state index contributed by atoms with van der Waals surface area (Å²) in [6.45, 7) is 0. The van der Waals surface area contributed by atoms with Gasteiger partial charge < -0.3 is 16.0 Å². The van der Waals surface area contributed by atoms with Gasteiger partial charge in [0.05, 0.1) is 5.69 Å².